The smallest absolute Gasteiger partial charge is 0.274 e. The van der Waals surface area contributed by atoms with Gasteiger partial charge < -0.3 is 10.1 Å². The molecule has 17 heavy (non-hydrogen) atoms. The topological polar surface area (TPSA) is 34.1 Å². The third-order valence-corrected chi connectivity index (χ3v) is 3.76. The fourth-order valence-corrected chi connectivity index (χ4v) is 2.84. The SMILES string of the molecule is Cl.c1ccc2sc(OC3CCNCC3)nc2c1. The summed E-state index contributed by atoms with van der Waals surface area (Å²) >= 11 is 1.64. The highest BCUT2D eigenvalue weighted by Crippen LogP contribution is 2.28. The van der Waals surface area contributed by atoms with Crippen LogP contribution in [-0.2, 0) is 0 Å². The minimum absolute atomic E-state index is 0. The van der Waals surface area contributed by atoms with E-state index in [2.05, 4.69) is 16.4 Å². The van der Waals surface area contributed by atoms with Crippen LogP contribution in [0.1, 0.15) is 12.8 Å². The van der Waals surface area contributed by atoms with Gasteiger partial charge in [-0.25, -0.2) is 4.98 Å². The summed E-state index contributed by atoms with van der Waals surface area (Å²) < 4.78 is 7.11. The molecule has 0 saturated carbocycles. The maximum atomic E-state index is 5.91. The summed E-state index contributed by atoms with van der Waals surface area (Å²) in [5, 5.41) is 4.14. The number of fused-ring (bicyclic) bond motifs is 1. The molecule has 2 heterocycles. The van der Waals surface area contributed by atoms with Gasteiger partial charge in [-0.05, 0) is 38.1 Å². The first kappa shape index (κ1) is 12.6. The van der Waals surface area contributed by atoms with E-state index in [1.807, 2.05) is 18.2 Å². The van der Waals surface area contributed by atoms with Gasteiger partial charge >= 0.3 is 0 Å². The molecular formula is C12H15ClN2OS. The van der Waals surface area contributed by atoms with Gasteiger partial charge in [0, 0.05) is 0 Å². The summed E-state index contributed by atoms with van der Waals surface area (Å²) in [5.41, 5.74) is 1.04. The van der Waals surface area contributed by atoms with Crippen molar-refractivity contribution < 1.29 is 4.74 Å². The van der Waals surface area contributed by atoms with Crippen molar-refractivity contribution >= 4 is 34.0 Å². The number of hydrogen-bond acceptors (Lipinski definition) is 4. The molecule has 3 rings (SSSR count). The quantitative estimate of drug-likeness (QED) is 0.911. The lowest BCUT2D eigenvalue weighted by Crippen LogP contribution is -2.34. The number of ether oxygens (including phenoxy) is 1. The van der Waals surface area contributed by atoms with Crippen LogP contribution in [0.4, 0.5) is 0 Å². The monoisotopic (exact) mass is 270 g/mol. The van der Waals surface area contributed by atoms with E-state index in [9.17, 15) is 0 Å². The lowest BCUT2D eigenvalue weighted by Gasteiger charge is -2.22. The Hall–Kier alpha value is -0.840. The standard InChI is InChI=1S/C12H14N2OS.ClH/c1-2-4-11-10(3-1)14-12(16-11)15-9-5-7-13-8-6-9;/h1-4,9,13H,5-8H2;1H. The molecule has 0 amide bonds. The molecule has 0 spiro atoms. The van der Waals surface area contributed by atoms with Gasteiger partial charge in [-0.3, -0.25) is 0 Å². The molecule has 1 saturated heterocycles. The molecule has 0 bridgehead atoms. The van der Waals surface area contributed by atoms with Crippen molar-refractivity contribution in [2.45, 2.75) is 18.9 Å². The number of hydrogen-bond donors (Lipinski definition) is 1. The highest BCUT2D eigenvalue weighted by atomic mass is 35.5. The molecule has 1 N–H and O–H groups in total. The second-order valence-electron chi connectivity index (χ2n) is 4.01. The summed E-state index contributed by atoms with van der Waals surface area (Å²) in [5.74, 6) is 0. The second-order valence-corrected chi connectivity index (χ2v) is 5.01. The van der Waals surface area contributed by atoms with Gasteiger partial charge in [0.1, 0.15) is 6.10 Å². The largest absolute Gasteiger partial charge is 0.467 e. The number of benzene rings is 1. The Morgan fingerprint density at radius 2 is 2.00 bits per heavy atom. The zero-order valence-electron chi connectivity index (χ0n) is 9.39. The van der Waals surface area contributed by atoms with Gasteiger partial charge in [0.2, 0.25) is 0 Å². The molecule has 2 aromatic rings. The van der Waals surface area contributed by atoms with E-state index in [0.717, 1.165) is 36.6 Å². The Morgan fingerprint density at radius 1 is 1.24 bits per heavy atom. The summed E-state index contributed by atoms with van der Waals surface area (Å²) in [7, 11) is 0. The second kappa shape index (κ2) is 5.67. The van der Waals surface area contributed by atoms with Crippen molar-refractivity contribution in [3.63, 3.8) is 0 Å². The van der Waals surface area contributed by atoms with Crippen LogP contribution >= 0.6 is 23.7 Å². The van der Waals surface area contributed by atoms with Crippen molar-refractivity contribution in [2.24, 2.45) is 0 Å². The molecule has 1 fully saturated rings. The lowest BCUT2D eigenvalue weighted by molar-refractivity contribution is 0.162. The highest BCUT2D eigenvalue weighted by molar-refractivity contribution is 7.20. The van der Waals surface area contributed by atoms with Crippen molar-refractivity contribution in [1.82, 2.24) is 10.3 Å². The summed E-state index contributed by atoms with van der Waals surface area (Å²) in [4.78, 5) is 4.48. The van der Waals surface area contributed by atoms with E-state index in [0.29, 0.717) is 6.10 Å². The van der Waals surface area contributed by atoms with Crippen LogP contribution < -0.4 is 10.1 Å². The van der Waals surface area contributed by atoms with E-state index in [1.165, 1.54) is 4.70 Å². The lowest BCUT2D eigenvalue weighted by atomic mass is 10.1. The van der Waals surface area contributed by atoms with Crippen molar-refractivity contribution in [2.75, 3.05) is 13.1 Å². The first-order chi connectivity index (χ1) is 7.92. The number of aromatic nitrogens is 1. The number of halogens is 1. The van der Waals surface area contributed by atoms with E-state index in [4.69, 9.17) is 4.74 Å². The van der Waals surface area contributed by atoms with Crippen LogP contribution in [0.5, 0.6) is 5.19 Å². The maximum absolute atomic E-state index is 5.91. The number of rotatable bonds is 2. The molecule has 1 aromatic heterocycles. The molecule has 0 unspecified atom stereocenters. The number of nitrogens with zero attached hydrogens (tertiary/aromatic N) is 1. The van der Waals surface area contributed by atoms with Crippen LogP contribution in [0.3, 0.4) is 0 Å². The predicted molar refractivity (Wildman–Crippen MR) is 73.4 cm³/mol. The average molecular weight is 271 g/mol. The van der Waals surface area contributed by atoms with Crippen LogP contribution in [-0.4, -0.2) is 24.2 Å². The minimum Gasteiger partial charge on any atom is -0.467 e. The molecule has 0 aliphatic carbocycles. The van der Waals surface area contributed by atoms with Crippen molar-refractivity contribution in [1.29, 1.82) is 0 Å². The van der Waals surface area contributed by atoms with Gasteiger partial charge in [-0.2, -0.15) is 0 Å². The summed E-state index contributed by atoms with van der Waals surface area (Å²) in [6, 6.07) is 8.16. The van der Waals surface area contributed by atoms with Gasteiger partial charge in [-0.1, -0.05) is 23.5 Å². The number of nitrogens with one attached hydrogen (secondary N) is 1. The molecule has 0 atom stereocenters. The molecule has 0 radical (unpaired) electrons. The van der Waals surface area contributed by atoms with Gasteiger partial charge in [0.15, 0.2) is 0 Å². The molecule has 1 aliphatic rings. The zero-order chi connectivity index (χ0) is 10.8. The van der Waals surface area contributed by atoms with E-state index < -0.39 is 0 Å². The van der Waals surface area contributed by atoms with Gasteiger partial charge in [0.05, 0.1) is 10.2 Å². The van der Waals surface area contributed by atoms with Crippen LogP contribution in [0.25, 0.3) is 10.2 Å². The van der Waals surface area contributed by atoms with Crippen molar-refractivity contribution in [3.8, 4) is 5.19 Å². The highest BCUT2D eigenvalue weighted by Gasteiger charge is 2.16. The number of para-hydroxylation sites is 1. The molecule has 1 aromatic carbocycles. The summed E-state index contributed by atoms with van der Waals surface area (Å²) in [6.07, 6.45) is 2.49. The number of piperidine rings is 1. The Kier molecular flexibility index (Phi) is 4.20. The van der Waals surface area contributed by atoms with Gasteiger partial charge in [-0.15, -0.1) is 12.4 Å². The van der Waals surface area contributed by atoms with E-state index in [1.54, 1.807) is 11.3 Å². The summed E-state index contributed by atoms with van der Waals surface area (Å²) in [6.45, 7) is 2.10. The Balaban J connectivity index is 0.00000108. The molecular weight excluding hydrogens is 256 g/mol. The van der Waals surface area contributed by atoms with Gasteiger partial charge in [0.25, 0.3) is 5.19 Å². The number of thiazole rings is 1. The fourth-order valence-electron chi connectivity index (χ4n) is 1.96. The normalized spacial score (nSPS) is 16.7. The van der Waals surface area contributed by atoms with Crippen molar-refractivity contribution in [3.05, 3.63) is 24.3 Å². The Labute approximate surface area is 111 Å². The maximum Gasteiger partial charge on any atom is 0.274 e. The predicted octanol–water partition coefficient (Wildman–Crippen LogP) is 2.85. The average Bonchev–Trinajstić information content (AvgIpc) is 2.72. The molecule has 92 valence electrons. The third kappa shape index (κ3) is 2.89. The zero-order valence-corrected chi connectivity index (χ0v) is 11.0. The first-order valence-corrected chi connectivity index (χ1v) is 6.46. The molecule has 1 aliphatic heterocycles. The fraction of sp³-hybridized carbons (Fsp3) is 0.417. The minimum atomic E-state index is 0. The molecule has 5 heteroatoms. The Morgan fingerprint density at radius 3 is 2.76 bits per heavy atom. The third-order valence-electron chi connectivity index (χ3n) is 2.83. The molecule has 3 nitrogen and oxygen atoms in total. The van der Waals surface area contributed by atoms with E-state index >= 15 is 0 Å². The first-order valence-electron chi connectivity index (χ1n) is 5.65. The van der Waals surface area contributed by atoms with Crippen LogP contribution in [0, 0.1) is 0 Å². The van der Waals surface area contributed by atoms with Crippen LogP contribution in [0.15, 0.2) is 24.3 Å². The Bertz CT molecular complexity index is 449. The van der Waals surface area contributed by atoms with Crippen LogP contribution in [0.2, 0.25) is 0 Å². The van der Waals surface area contributed by atoms with E-state index in [-0.39, 0.29) is 12.4 Å².